The lowest BCUT2D eigenvalue weighted by molar-refractivity contribution is 0.460. The Balaban J connectivity index is 2.07. The van der Waals surface area contributed by atoms with Crippen LogP contribution in [0.3, 0.4) is 0 Å². The molecule has 2 aromatic heterocycles. The summed E-state index contributed by atoms with van der Waals surface area (Å²) in [5.41, 5.74) is 0.0392. The van der Waals surface area contributed by atoms with Gasteiger partial charge in [0, 0.05) is 4.88 Å². The van der Waals surface area contributed by atoms with Crippen LogP contribution >= 0.6 is 11.3 Å². The largest absolute Gasteiger partial charge is 0.419 e. The normalized spacial score (nSPS) is 11.7. The first-order valence-corrected chi connectivity index (χ1v) is 8.70. The molecular formula is C13H11N3O5S2. The number of aryl methyl sites for hydroxylation is 2. The summed E-state index contributed by atoms with van der Waals surface area (Å²) in [4.78, 5) is 30.0. The number of hydrogen-bond donors (Lipinski definition) is 2. The summed E-state index contributed by atoms with van der Waals surface area (Å²) in [7, 11) is -3.91. The zero-order valence-electron chi connectivity index (χ0n) is 12.0. The molecule has 2 heterocycles. The molecule has 0 aliphatic rings. The fourth-order valence-electron chi connectivity index (χ4n) is 1.93. The highest BCUT2D eigenvalue weighted by Gasteiger charge is 2.18. The highest BCUT2D eigenvalue weighted by atomic mass is 32.2. The van der Waals surface area contributed by atoms with Crippen LogP contribution in [0.25, 0.3) is 10.9 Å². The van der Waals surface area contributed by atoms with Gasteiger partial charge >= 0.3 is 11.4 Å². The summed E-state index contributed by atoms with van der Waals surface area (Å²) >= 11 is 1.22. The molecule has 10 heteroatoms. The Labute approximate surface area is 133 Å². The molecule has 23 heavy (non-hydrogen) atoms. The molecule has 0 amide bonds. The monoisotopic (exact) mass is 353 g/mol. The van der Waals surface area contributed by atoms with Crippen molar-refractivity contribution in [3.8, 4) is 0 Å². The maximum absolute atomic E-state index is 12.4. The minimum Gasteiger partial charge on any atom is -0.372 e. The molecule has 0 unspecified atom stereocenters. The summed E-state index contributed by atoms with van der Waals surface area (Å²) in [5.74, 6) is -0.898. The first-order valence-electron chi connectivity index (χ1n) is 6.40. The van der Waals surface area contributed by atoms with Crippen LogP contribution in [0.4, 0.5) is 5.13 Å². The molecule has 3 aromatic rings. The van der Waals surface area contributed by atoms with Crippen molar-refractivity contribution < 1.29 is 12.8 Å². The van der Waals surface area contributed by atoms with Crippen LogP contribution in [-0.4, -0.2) is 18.4 Å². The van der Waals surface area contributed by atoms with Gasteiger partial charge in [-0.25, -0.2) is 23.0 Å². The van der Waals surface area contributed by atoms with Gasteiger partial charge in [0.2, 0.25) is 0 Å². The smallest absolute Gasteiger partial charge is 0.372 e. The second kappa shape index (κ2) is 5.32. The standard InChI is InChI=1S/C13H11N3O5S2/c1-6-7(2)22-12(14-6)16-23(19,20)8-3-4-10-9(5-8)11(17)21-13(18)15-10/h3-5H,1-2H3,(H,14,16)(H,15,18). The van der Waals surface area contributed by atoms with E-state index in [0.717, 1.165) is 16.6 Å². The van der Waals surface area contributed by atoms with Crippen molar-refractivity contribution in [2.75, 3.05) is 4.72 Å². The van der Waals surface area contributed by atoms with Crippen molar-refractivity contribution in [1.82, 2.24) is 9.97 Å². The number of rotatable bonds is 3. The lowest BCUT2D eigenvalue weighted by atomic mass is 10.2. The summed E-state index contributed by atoms with van der Waals surface area (Å²) in [6.45, 7) is 3.61. The number of benzene rings is 1. The molecule has 2 N–H and O–H groups in total. The fourth-order valence-corrected chi connectivity index (χ4v) is 4.01. The third kappa shape index (κ3) is 2.90. The van der Waals surface area contributed by atoms with Gasteiger partial charge in [0.1, 0.15) is 0 Å². The number of thiazole rings is 1. The van der Waals surface area contributed by atoms with Crippen LogP contribution in [0, 0.1) is 13.8 Å². The summed E-state index contributed by atoms with van der Waals surface area (Å²) < 4.78 is 31.6. The van der Waals surface area contributed by atoms with E-state index < -0.39 is 21.4 Å². The Kier molecular flexibility index (Phi) is 3.57. The van der Waals surface area contributed by atoms with E-state index in [0.29, 0.717) is 0 Å². The summed E-state index contributed by atoms with van der Waals surface area (Å²) in [6, 6.07) is 3.76. The molecule has 120 valence electrons. The molecule has 1 aromatic carbocycles. The van der Waals surface area contributed by atoms with Crippen molar-refractivity contribution >= 4 is 37.4 Å². The molecule has 3 rings (SSSR count). The molecular weight excluding hydrogens is 342 g/mol. The van der Waals surface area contributed by atoms with Crippen LogP contribution in [0.15, 0.2) is 37.1 Å². The van der Waals surface area contributed by atoms with Crippen molar-refractivity contribution in [2.24, 2.45) is 0 Å². The second-order valence-electron chi connectivity index (χ2n) is 4.78. The summed E-state index contributed by atoms with van der Waals surface area (Å²) in [5, 5.41) is 0.215. The number of aromatic nitrogens is 2. The number of fused-ring (bicyclic) bond motifs is 1. The Morgan fingerprint density at radius 3 is 2.65 bits per heavy atom. The molecule has 8 nitrogen and oxygen atoms in total. The van der Waals surface area contributed by atoms with E-state index in [1.807, 2.05) is 6.92 Å². The predicted octanol–water partition coefficient (Wildman–Crippen LogP) is 1.36. The number of nitrogens with one attached hydrogen (secondary N) is 2. The van der Waals surface area contributed by atoms with Crippen LogP contribution in [-0.2, 0) is 10.0 Å². The van der Waals surface area contributed by atoms with Gasteiger partial charge in [-0.2, -0.15) is 0 Å². The van der Waals surface area contributed by atoms with Crippen LogP contribution in [0.1, 0.15) is 10.6 Å². The number of nitrogens with zero attached hydrogens (tertiary/aromatic N) is 1. The highest BCUT2D eigenvalue weighted by molar-refractivity contribution is 7.93. The number of aromatic amines is 1. The zero-order valence-corrected chi connectivity index (χ0v) is 13.7. The molecule has 0 atom stereocenters. The molecule has 0 saturated heterocycles. The zero-order chi connectivity index (χ0) is 16.8. The van der Waals surface area contributed by atoms with E-state index in [2.05, 4.69) is 19.1 Å². The predicted molar refractivity (Wildman–Crippen MR) is 85.5 cm³/mol. The highest BCUT2D eigenvalue weighted by Crippen LogP contribution is 2.24. The van der Waals surface area contributed by atoms with Gasteiger partial charge < -0.3 is 4.42 Å². The number of anilines is 1. The molecule has 0 radical (unpaired) electrons. The van der Waals surface area contributed by atoms with Gasteiger partial charge in [0.05, 0.1) is 21.5 Å². The number of hydrogen-bond acceptors (Lipinski definition) is 7. The Morgan fingerprint density at radius 2 is 2.00 bits per heavy atom. The third-order valence-electron chi connectivity index (χ3n) is 3.19. The Morgan fingerprint density at radius 1 is 1.26 bits per heavy atom. The lowest BCUT2D eigenvalue weighted by Crippen LogP contribution is -2.16. The van der Waals surface area contributed by atoms with E-state index in [4.69, 9.17) is 0 Å². The minimum atomic E-state index is -3.91. The average Bonchev–Trinajstić information content (AvgIpc) is 2.75. The number of sulfonamides is 1. The van der Waals surface area contributed by atoms with Gasteiger partial charge in [-0.1, -0.05) is 0 Å². The summed E-state index contributed by atoms with van der Waals surface area (Å²) in [6.07, 6.45) is 0. The van der Waals surface area contributed by atoms with Crippen molar-refractivity contribution in [3.63, 3.8) is 0 Å². The quantitative estimate of drug-likeness (QED) is 0.733. The average molecular weight is 353 g/mol. The maximum atomic E-state index is 12.4. The molecule has 0 bridgehead atoms. The lowest BCUT2D eigenvalue weighted by Gasteiger charge is -2.05. The molecule has 0 fully saturated rings. The van der Waals surface area contributed by atoms with Crippen LogP contribution in [0.2, 0.25) is 0 Å². The third-order valence-corrected chi connectivity index (χ3v) is 5.65. The van der Waals surface area contributed by atoms with Gasteiger partial charge in [-0.05, 0) is 32.0 Å². The van der Waals surface area contributed by atoms with Crippen LogP contribution in [0.5, 0.6) is 0 Å². The molecule has 0 aliphatic carbocycles. The molecule has 0 aliphatic heterocycles. The van der Waals surface area contributed by atoms with Gasteiger partial charge in [-0.15, -0.1) is 11.3 Å². The minimum absolute atomic E-state index is 0.0287. The SMILES string of the molecule is Cc1nc(NS(=O)(=O)c2ccc3[nH]c(=O)oc(=O)c3c2)sc1C. The Hall–Kier alpha value is -2.46. The van der Waals surface area contributed by atoms with E-state index in [1.165, 1.54) is 23.5 Å². The van der Waals surface area contributed by atoms with E-state index in [-0.39, 0.29) is 20.9 Å². The number of H-pyrrole nitrogens is 1. The van der Waals surface area contributed by atoms with Crippen molar-refractivity contribution in [3.05, 3.63) is 49.7 Å². The first-order chi connectivity index (χ1) is 10.8. The van der Waals surface area contributed by atoms with E-state index in [1.54, 1.807) is 6.92 Å². The molecule has 0 saturated carbocycles. The van der Waals surface area contributed by atoms with E-state index >= 15 is 0 Å². The van der Waals surface area contributed by atoms with Crippen molar-refractivity contribution in [1.29, 1.82) is 0 Å². The fraction of sp³-hybridized carbons (Fsp3) is 0.154. The van der Waals surface area contributed by atoms with E-state index in [9.17, 15) is 18.0 Å². The maximum Gasteiger partial charge on any atom is 0.419 e. The second-order valence-corrected chi connectivity index (χ2v) is 7.66. The first kappa shape index (κ1) is 15.4. The van der Waals surface area contributed by atoms with Crippen molar-refractivity contribution in [2.45, 2.75) is 18.7 Å². The topological polar surface area (TPSA) is 122 Å². The van der Waals surface area contributed by atoms with Crippen LogP contribution < -0.4 is 16.1 Å². The molecule has 0 spiro atoms. The van der Waals surface area contributed by atoms with Gasteiger partial charge in [0.15, 0.2) is 5.13 Å². The van der Waals surface area contributed by atoms with Gasteiger partial charge in [0.25, 0.3) is 10.0 Å². The Bertz CT molecular complexity index is 1100. The van der Waals surface area contributed by atoms with Gasteiger partial charge in [-0.3, -0.25) is 9.71 Å².